The van der Waals surface area contributed by atoms with Crippen LogP contribution in [0.4, 0.5) is 10.5 Å². The number of carboxylic acid groups (broad SMARTS) is 1. The molecule has 0 aliphatic heterocycles. The van der Waals surface area contributed by atoms with E-state index in [0.29, 0.717) is 37.4 Å². The summed E-state index contributed by atoms with van der Waals surface area (Å²) in [6, 6.07) is 15.1. The molecular weight excluding hydrogens is 470 g/mol. The average Bonchev–Trinajstić information content (AvgIpc) is 2.90. The summed E-state index contributed by atoms with van der Waals surface area (Å²) in [7, 11) is 0. The normalized spacial score (nSPS) is 14.6. The van der Waals surface area contributed by atoms with Gasteiger partial charge < -0.3 is 20.5 Å². The molecule has 8 heteroatoms. The first kappa shape index (κ1) is 28.2. The van der Waals surface area contributed by atoms with Crippen LogP contribution in [0.3, 0.4) is 0 Å². The van der Waals surface area contributed by atoms with E-state index in [4.69, 9.17) is 9.84 Å². The molecule has 2 aromatic rings. The van der Waals surface area contributed by atoms with Crippen LogP contribution >= 0.6 is 0 Å². The Kier molecular flexibility index (Phi) is 11.4. The van der Waals surface area contributed by atoms with Crippen LogP contribution in [0.2, 0.25) is 0 Å². The topological polar surface area (TPSA) is 108 Å². The van der Waals surface area contributed by atoms with Gasteiger partial charge in [0.2, 0.25) is 0 Å². The number of carboxylic acids is 1. The molecule has 200 valence electrons. The van der Waals surface area contributed by atoms with Crippen molar-refractivity contribution in [2.75, 3.05) is 31.6 Å². The first-order valence-electron chi connectivity index (χ1n) is 13.3. The third-order valence-electron chi connectivity index (χ3n) is 6.63. The maximum Gasteiger partial charge on any atom is 0.338 e. The second kappa shape index (κ2) is 15.0. The molecule has 1 unspecified atom stereocenters. The highest BCUT2D eigenvalue weighted by Gasteiger charge is 2.25. The largest absolute Gasteiger partial charge is 0.481 e. The van der Waals surface area contributed by atoms with Gasteiger partial charge in [-0.25, -0.2) is 9.59 Å². The van der Waals surface area contributed by atoms with Gasteiger partial charge in [0.05, 0.1) is 12.2 Å². The van der Waals surface area contributed by atoms with E-state index in [1.165, 1.54) is 11.1 Å². The summed E-state index contributed by atoms with van der Waals surface area (Å²) in [6.45, 7) is 4.42. The van der Waals surface area contributed by atoms with E-state index in [-0.39, 0.29) is 24.5 Å². The Bertz CT molecular complexity index is 1020. The van der Waals surface area contributed by atoms with Gasteiger partial charge in [0, 0.05) is 31.2 Å². The third-order valence-corrected chi connectivity index (χ3v) is 6.63. The van der Waals surface area contributed by atoms with Crippen molar-refractivity contribution in [1.82, 2.24) is 10.2 Å². The number of amides is 2. The summed E-state index contributed by atoms with van der Waals surface area (Å²) >= 11 is 0. The molecule has 0 fully saturated rings. The Morgan fingerprint density at radius 2 is 1.78 bits per heavy atom. The molecule has 0 radical (unpaired) electrons. The predicted octanol–water partition coefficient (Wildman–Crippen LogP) is 5.40. The summed E-state index contributed by atoms with van der Waals surface area (Å²) < 4.78 is 5.20. The number of carbonyl (C=O) groups is 3. The van der Waals surface area contributed by atoms with Gasteiger partial charge in [-0.3, -0.25) is 9.69 Å². The van der Waals surface area contributed by atoms with Gasteiger partial charge in [-0.05, 0) is 80.5 Å². The van der Waals surface area contributed by atoms with Crippen LogP contribution in [0.5, 0.6) is 0 Å². The number of aryl methyl sites for hydroxylation is 1. The predicted molar refractivity (Wildman–Crippen MR) is 144 cm³/mol. The van der Waals surface area contributed by atoms with Crippen molar-refractivity contribution in [2.24, 2.45) is 0 Å². The molecule has 2 aromatic carbocycles. The van der Waals surface area contributed by atoms with Crippen molar-refractivity contribution >= 4 is 23.7 Å². The minimum atomic E-state index is -0.774. The smallest absolute Gasteiger partial charge is 0.338 e. The molecule has 2 amide bonds. The fourth-order valence-electron chi connectivity index (χ4n) is 4.71. The number of fused-ring (bicyclic) bond motifs is 1. The quantitative estimate of drug-likeness (QED) is 0.232. The maximum absolute atomic E-state index is 12.4. The Morgan fingerprint density at radius 3 is 2.54 bits per heavy atom. The van der Waals surface area contributed by atoms with Crippen LogP contribution < -0.4 is 10.6 Å². The molecule has 0 heterocycles. The molecular formula is C29H39N3O5. The zero-order valence-electron chi connectivity index (χ0n) is 21.7. The van der Waals surface area contributed by atoms with Crippen LogP contribution in [-0.4, -0.2) is 54.2 Å². The lowest BCUT2D eigenvalue weighted by molar-refractivity contribution is -0.137. The third kappa shape index (κ3) is 9.21. The number of urea groups is 1. The van der Waals surface area contributed by atoms with E-state index in [1.807, 2.05) is 6.92 Å². The molecule has 0 bridgehead atoms. The van der Waals surface area contributed by atoms with Gasteiger partial charge in [-0.1, -0.05) is 37.6 Å². The molecule has 3 N–H and O–H groups in total. The molecule has 0 aromatic heterocycles. The Hall–Kier alpha value is -3.39. The number of hydrogen-bond donors (Lipinski definition) is 3. The van der Waals surface area contributed by atoms with E-state index < -0.39 is 5.97 Å². The molecule has 0 saturated carbocycles. The van der Waals surface area contributed by atoms with Crippen LogP contribution in [0.1, 0.15) is 79.4 Å². The summed E-state index contributed by atoms with van der Waals surface area (Å²) in [6.07, 6.45) is 6.56. The first-order chi connectivity index (χ1) is 18.0. The molecule has 0 spiro atoms. The molecule has 1 aliphatic carbocycles. The first-order valence-corrected chi connectivity index (χ1v) is 13.3. The van der Waals surface area contributed by atoms with Crippen molar-refractivity contribution in [3.8, 4) is 0 Å². The standard InChI is InChI=1S/C29H39N3O5/c1-2-3-21-37-28(35)23-14-16-24(17-15-23)31-29(36)30-18-8-20-32(19-7-13-27(33)34)26-12-6-10-22-9-4-5-11-25(22)26/h4-5,9,11,14-17,26H,2-3,6-8,10,12-13,18-21H2,1H3,(H,33,34)(H2,30,31,36). The number of carbonyl (C=O) groups excluding carboxylic acids is 2. The van der Waals surface area contributed by atoms with Gasteiger partial charge in [0.25, 0.3) is 0 Å². The van der Waals surface area contributed by atoms with E-state index in [2.05, 4.69) is 39.8 Å². The number of aliphatic carboxylic acids is 1. The lowest BCUT2D eigenvalue weighted by Crippen LogP contribution is -2.36. The summed E-state index contributed by atoms with van der Waals surface area (Å²) in [5, 5.41) is 14.8. The van der Waals surface area contributed by atoms with E-state index in [9.17, 15) is 14.4 Å². The van der Waals surface area contributed by atoms with E-state index in [0.717, 1.165) is 45.1 Å². The highest BCUT2D eigenvalue weighted by molar-refractivity contribution is 5.92. The highest BCUT2D eigenvalue weighted by atomic mass is 16.5. The highest BCUT2D eigenvalue weighted by Crippen LogP contribution is 2.34. The molecule has 0 saturated heterocycles. The van der Waals surface area contributed by atoms with Crippen molar-refractivity contribution in [3.63, 3.8) is 0 Å². The number of rotatable bonds is 14. The lowest BCUT2D eigenvalue weighted by Gasteiger charge is -2.36. The molecule has 8 nitrogen and oxygen atoms in total. The van der Waals surface area contributed by atoms with Crippen molar-refractivity contribution in [1.29, 1.82) is 0 Å². The van der Waals surface area contributed by atoms with Crippen LogP contribution in [-0.2, 0) is 16.0 Å². The maximum atomic E-state index is 12.4. The number of benzene rings is 2. The Labute approximate surface area is 219 Å². The van der Waals surface area contributed by atoms with Crippen LogP contribution in [0, 0.1) is 0 Å². The van der Waals surface area contributed by atoms with Gasteiger partial charge >= 0.3 is 18.0 Å². The minimum Gasteiger partial charge on any atom is -0.481 e. The van der Waals surface area contributed by atoms with Crippen molar-refractivity contribution in [2.45, 2.75) is 64.3 Å². The summed E-state index contributed by atoms with van der Waals surface area (Å²) in [4.78, 5) is 37.8. The summed E-state index contributed by atoms with van der Waals surface area (Å²) in [5.41, 5.74) is 3.76. The lowest BCUT2D eigenvalue weighted by atomic mass is 9.86. The van der Waals surface area contributed by atoms with Crippen molar-refractivity contribution in [3.05, 3.63) is 65.2 Å². The monoisotopic (exact) mass is 509 g/mol. The number of unbranched alkanes of at least 4 members (excludes halogenated alkanes) is 1. The second-order valence-electron chi connectivity index (χ2n) is 9.44. The fraction of sp³-hybridized carbons (Fsp3) is 0.483. The molecule has 3 rings (SSSR count). The number of nitrogens with zero attached hydrogens (tertiary/aromatic N) is 1. The Balaban J connectivity index is 1.46. The molecule has 1 atom stereocenters. The van der Waals surface area contributed by atoms with E-state index >= 15 is 0 Å². The average molecular weight is 510 g/mol. The van der Waals surface area contributed by atoms with Crippen LogP contribution in [0.25, 0.3) is 0 Å². The zero-order chi connectivity index (χ0) is 26.5. The van der Waals surface area contributed by atoms with E-state index in [1.54, 1.807) is 24.3 Å². The number of esters is 1. The fourth-order valence-corrected chi connectivity index (χ4v) is 4.71. The van der Waals surface area contributed by atoms with Gasteiger partial charge in [0.1, 0.15) is 0 Å². The minimum absolute atomic E-state index is 0.154. The molecule has 37 heavy (non-hydrogen) atoms. The number of ether oxygens (including phenoxy) is 1. The molecule has 1 aliphatic rings. The van der Waals surface area contributed by atoms with Crippen molar-refractivity contribution < 1.29 is 24.2 Å². The van der Waals surface area contributed by atoms with Gasteiger partial charge in [-0.15, -0.1) is 0 Å². The Morgan fingerprint density at radius 1 is 1.03 bits per heavy atom. The zero-order valence-corrected chi connectivity index (χ0v) is 21.7. The summed E-state index contributed by atoms with van der Waals surface area (Å²) in [5.74, 6) is -1.14. The SMILES string of the molecule is CCCCOC(=O)c1ccc(NC(=O)NCCCN(CCCC(=O)O)C2CCCc3ccccc32)cc1. The van der Waals surface area contributed by atoms with Crippen LogP contribution in [0.15, 0.2) is 48.5 Å². The number of nitrogens with one attached hydrogen (secondary N) is 2. The number of anilines is 1. The second-order valence-corrected chi connectivity index (χ2v) is 9.44. The van der Waals surface area contributed by atoms with Gasteiger partial charge in [-0.2, -0.15) is 0 Å². The number of hydrogen-bond acceptors (Lipinski definition) is 5. The van der Waals surface area contributed by atoms with Gasteiger partial charge in [0.15, 0.2) is 0 Å².